The first-order chi connectivity index (χ1) is 22.1. The van der Waals surface area contributed by atoms with Gasteiger partial charge in [-0.1, -0.05) is 48.0 Å². The Hall–Kier alpha value is -5.29. The molecule has 0 saturated carbocycles. The lowest BCUT2D eigenvalue weighted by molar-refractivity contribution is -0.142. The van der Waals surface area contributed by atoms with Crippen molar-refractivity contribution in [2.45, 2.75) is 32.3 Å². The Morgan fingerprint density at radius 2 is 1.57 bits per heavy atom. The average Bonchev–Trinajstić information content (AvgIpc) is 3.47. The van der Waals surface area contributed by atoms with Crippen LogP contribution in [0.15, 0.2) is 95.9 Å². The first kappa shape index (κ1) is 32.1. The van der Waals surface area contributed by atoms with Gasteiger partial charge in [-0.05, 0) is 62.4 Å². The van der Waals surface area contributed by atoms with Gasteiger partial charge < -0.3 is 23.9 Å². The van der Waals surface area contributed by atoms with E-state index < -0.39 is 22.0 Å². The normalized spacial score (nSPS) is 11.2. The second-order valence-electron chi connectivity index (χ2n) is 10.4. The fourth-order valence-corrected chi connectivity index (χ4v) is 5.76. The molecule has 4 aromatic carbocycles. The van der Waals surface area contributed by atoms with Crippen LogP contribution in [0.3, 0.4) is 0 Å². The summed E-state index contributed by atoms with van der Waals surface area (Å²) in [5.74, 6) is 0.0308. The Morgan fingerprint density at radius 3 is 2.30 bits per heavy atom. The van der Waals surface area contributed by atoms with Gasteiger partial charge in [0.05, 0.1) is 22.8 Å². The van der Waals surface area contributed by atoms with E-state index in [1.165, 1.54) is 6.92 Å². The third kappa shape index (κ3) is 7.86. The molecular formula is C35H34N2O8S. The quantitative estimate of drug-likeness (QED) is 0.108. The Bertz CT molecular complexity index is 1970. The van der Waals surface area contributed by atoms with E-state index in [1.807, 2.05) is 31.2 Å². The number of anilines is 1. The number of para-hydroxylation sites is 1. The summed E-state index contributed by atoms with van der Waals surface area (Å²) in [7, 11) is -3.92. The number of H-pyrrole nitrogens is 1. The number of fused-ring (bicyclic) bond motifs is 1. The third-order valence-electron chi connectivity index (χ3n) is 7.00. The second-order valence-corrected chi connectivity index (χ2v) is 12.1. The van der Waals surface area contributed by atoms with Crippen LogP contribution in [-0.4, -0.2) is 45.2 Å². The van der Waals surface area contributed by atoms with Crippen molar-refractivity contribution in [3.05, 3.63) is 108 Å². The minimum Gasteiger partial charge on any atom is -0.490 e. The van der Waals surface area contributed by atoms with Crippen molar-refractivity contribution in [2.24, 2.45) is 0 Å². The smallest absolute Gasteiger partial charge is 0.338 e. The predicted octanol–water partition coefficient (Wildman–Crippen LogP) is 6.64. The molecule has 0 aliphatic rings. The summed E-state index contributed by atoms with van der Waals surface area (Å²) in [6, 6.07) is 26.1. The molecule has 0 amide bonds. The lowest BCUT2D eigenvalue weighted by atomic mass is 10.1. The molecule has 0 aliphatic heterocycles. The van der Waals surface area contributed by atoms with Crippen LogP contribution in [0.5, 0.6) is 11.5 Å². The number of sulfonamides is 1. The minimum atomic E-state index is -3.92. The molecule has 0 atom stereocenters. The van der Waals surface area contributed by atoms with Crippen molar-refractivity contribution < 1.29 is 37.0 Å². The number of esters is 2. The van der Waals surface area contributed by atoms with E-state index in [9.17, 15) is 18.0 Å². The number of ether oxygens (including phenoxy) is 4. The zero-order chi connectivity index (χ0) is 32.7. The van der Waals surface area contributed by atoms with Gasteiger partial charge in [0, 0.05) is 34.6 Å². The molecule has 11 heteroatoms. The van der Waals surface area contributed by atoms with Crippen molar-refractivity contribution in [2.75, 3.05) is 24.5 Å². The van der Waals surface area contributed by atoms with Crippen molar-refractivity contribution in [3.8, 4) is 22.8 Å². The van der Waals surface area contributed by atoms with Crippen LogP contribution in [0.2, 0.25) is 0 Å². The molecular weight excluding hydrogens is 608 g/mol. The van der Waals surface area contributed by atoms with Crippen molar-refractivity contribution in [3.63, 3.8) is 0 Å². The summed E-state index contributed by atoms with van der Waals surface area (Å²) in [5.41, 5.74) is 4.54. The number of aromatic amines is 1. The molecule has 0 fully saturated rings. The molecule has 1 heterocycles. The molecule has 10 nitrogen and oxygen atoms in total. The largest absolute Gasteiger partial charge is 0.490 e. The Balaban J connectivity index is 1.40. The fourth-order valence-electron chi connectivity index (χ4n) is 4.69. The topological polar surface area (TPSA) is 133 Å². The van der Waals surface area contributed by atoms with E-state index in [0.717, 1.165) is 27.7 Å². The van der Waals surface area contributed by atoms with Gasteiger partial charge >= 0.3 is 11.9 Å². The molecule has 5 aromatic rings. The van der Waals surface area contributed by atoms with Crippen LogP contribution in [0.25, 0.3) is 22.2 Å². The first-order valence-corrected chi connectivity index (χ1v) is 16.1. The number of hydrogen-bond donors (Lipinski definition) is 2. The number of aryl methyl sites for hydroxylation is 1. The number of hydrogen-bond acceptors (Lipinski definition) is 8. The van der Waals surface area contributed by atoms with Gasteiger partial charge in [0.25, 0.3) is 10.0 Å². The van der Waals surface area contributed by atoms with Gasteiger partial charge in [-0.25, -0.2) is 13.2 Å². The molecule has 2 N–H and O–H groups in total. The highest BCUT2D eigenvalue weighted by molar-refractivity contribution is 7.92. The van der Waals surface area contributed by atoms with E-state index >= 15 is 0 Å². The van der Waals surface area contributed by atoms with Gasteiger partial charge in [0.2, 0.25) is 0 Å². The van der Waals surface area contributed by atoms with Crippen molar-refractivity contribution >= 4 is 38.6 Å². The monoisotopic (exact) mass is 642 g/mol. The maximum atomic E-state index is 13.3. The maximum absolute atomic E-state index is 13.3. The second kappa shape index (κ2) is 14.2. The summed E-state index contributed by atoms with van der Waals surface area (Å²) < 4.78 is 51.4. The predicted molar refractivity (Wildman–Crippen MR) is 175 cm³/mol. The zero-order valence-electron chi connectivity index (χ0n) is 25.7. The molecule has 238 valence electrons. The Kier molecular flexibility index (Phi) is 9.92. The van der Waals surface area contributed by atoms with Crippen molar-refractivity contribution in [1.82, 2.24) is 4.98 Å². The molecule has 46 heavy (non-hydrogen) atoms. The van der Waals surface area contributed by atoms with Gasteiger partial charge in [0.1, 0.15) is 31.3 Å². The number of aromatic nitrogens is 1. The number of benzene rings is 4. The van der Waals surface area contributed by atoms with E-state index in [4.69, 9.17) is 18.9 Å². The standard InChI is InChI=1S/C35H34N2O8S/c1-4-42-35(39)27-12-11-25-19-31(36-32(25)20-27)26-13-16-30(37-46(40,41)29-14-9-23(2)10-15-29)34(21-26)44-18-17-43-33-8-6-5-7-28(33)22-45-24(3)38/h5-16,19-21,36-37H,4,17-18,22H2,1-3H3. The zero-order valence-corrected chi connectivity index (χ0v) is 26.5. The van der Waals surface area contributed by atoms with Crippen LogP contribution in [0, 0.1) is 6.92 Å². The van der Waals surface area contributed by atoms with Gasteiger partial charge in [0.15, 0.2) is 0 Å². The molecule has 1 aromatic heterocycles. The van der Waals surface area contributed by atoms with Crippen LogP contribution in [-0.2, 0) is 30.9 Å². The van der Waals surface area contributed by atoms with E-state index in [2.05, 4.69) is 9.71 Å². The molecule has 0 bridgehead atoms. The highest BCUT2D eigenvalue weighted by Crippen LogP contribution is 2.34. The van der Waals surface area contributed by atoms with Gasteiger partial charge in [-0.3, -0.25) is 9.52 Å². The molecule has 0 saturated heterocycles. The summed E-state index contributed by atoms with van der Waals surface area (Å²) in [6.45, 7) is 5.55. The summed E-state index contributed by atoms with van der Waals surface area (Å²) >= 11 is 0. The molecule has 0 radical (unpaired) electrons. The third-order valence-corrected chi connectivity index (χ3v) is 8.39. The van der Waals surface area contributed by atoms with Crippen LogP contribution < -0.4 is 14.2 Å². The summed E-state index contributed by atoms with van der Waals surface area (Å²) in [5, 5.41) is 0.885. The fraction of sp³-hybridized carbons (Fsp3) is 0.200. The van der Waals surface area contributed by atoms with E-state index in [0.29, 0.717) is 16.9 Å². The lowest BCUT2D eigenvalue weighted by Gasteiger charge is -2.16. The van der Waals surface area contributed by atoms with Crippen LogP contribution in [0.1, 0.15) is 35.3 Å². The number of nitrogens with one attached hydrogen (secondary N) is 2. The highest BCUT2D eigenvalue weighted by atomic mass is 32.2. The average molecular weight is 643 g/mol. The molecule has 0 spiro atoms. The van der Waals surface area contributed by atoms with Crippen molar-refractivity contribution in [1.29, 1.82) is 0 Å². The summed E-state index contributed by atoms with van der Waals surface area (Å²) in [4.78, 5) is 27.0. The van der Waals surface area contributed by atoms with Gasteiger partial charge in [-0.15, -0.1) is 0 Å². The van der Waals surface area contributed by atoms with Crippen LogP contribution in [0.4, 0.5) is 5.69 Å². The molecule has 5 rings (SSSR count). The highest BCUT2D eigenvalue weighted by Gasteiger charge is 2.18. The number of carbonyl (C=O) groups is 2. The lowest BCUT2D eigenvalue weighted by Crippen LogP contribution is -2.15. The number of carbonyl (C=O) groups excluding carboxylic acids is 2. The number of rotatable bonds is 13. The van der Waals surface area contributed by atoms with Gasteiger partial charge in [-0.2, -0.15) is 0 Å². The van der Waals surface area contributed by atoms with E-state index in [-0.39, 0.29) is 42.8 Å². The maximum Gasteiger partial charge on any atom is 0.338 e. The SMILES string of the molecule is CCOC(=O)c1ccc2cc(-c3ccc(NS(=O)(=O)c4ccc(C)cc4)c(OCCOc4ccccc4COC(C)=O)c3)[nH]c2c1. The molecule has 0 aliphatic carbocycles. The Labute approximate surface area is 267 Å². The van der Waals surface area contributed by atoms with Crippen LogP contribution >= 0.6 is 0 Å². The summed E-state index contributed by atoms with van der Waals surface area (Å²) in [6.07, 6.45) is 0. The molecule has 0 unspecified atom stereocenters. The minimum absolute atomic E-state index is 0.0745. The first-order valence-electron chi connectivity index (χ1n) is 14.6. The Morgan fingerprint density at radius 1 is 0.826 bits per heavy atom. The van der Waals surface area contributed by atoms with E-state index in [1.54, 1.807) is 73.7 Å².